The van der Waals surface area contributed by atoms with Gasteiger partial charge >= 0.3 is 6.18 Å². The van der Waals surface area contributed by atoms with E-state index in [1.165, 1.54) is 12.1 Å². The van der Waals surface area contributed by atoms with E-state index in [1.54, 1.807) is 6.07 Å². The molecule has 1 N–H and O–H groups in total. The number of nitrogens with one attached hydrogen (secondary N) is 1. The molecule has 3 rings (SSSR count). The van der Waals surface area contributed by atoms with Crippen molar-refractivity contribution in [3.05, 3.63) is 59.2 Å². The molecular formula is C28H35F5N2O. The zero-order valence-electron chi connectivity index (χ0n) is 20.7. The second kappa shape index (κ2) is 13.1. The summed E-state index contributed by atoms with van der Waals surface area (Å²) in [4.78, 5) is 14.6. The maximum Gasteiger partial charge on any atom is 0.416 e. The van der Waals surface area contributed by atoms with E-state index in [0.717, 1.165) is 74.1 Å². The Hall–Kier alpha value is -2.64. The number of carbonyl (C=O) groups is 1. The van der Waals surface area contributed by atoms with Crippen molar-refractivity contribution in [2.24, 2.45) is 0 Å². The number of amides is 1. The van der Waals surface area contributed by atoms with Gasteiger partial charge < -0.3 is 10.2 Å². The van der Waals surface area contributed by atoms with Gasteiger partial charge in [-0.2, -0.15) is 13.2 Å². The molecule has 1 aliphatic rings. The van der Waals surface area contributed by atoms with Crippen molar-refractivity contribution in [3.8, 4) is 0 Å². The van der Waals surface area contributed by atoms with Gasteiger partial charge in [-0.05, 0) is 73.9 Å². The first-order chi connectivity index (χ1) is 17.2. The van der Waals surface area contributed by atoms with Gasteiger partial charge in [-0.1, -0.05) is 44.4 Å². The first kappa shape index (κ1) is 27.9. The number of nitrogens with zero attached hydrogens (tertiary/aromatic N) is 1. The van der Waals surface area contributed by atoms with Crippen LogP contribution >= 0.6 is 0 Å². The van der Waals surface area contributed by atoms with Crippen LogP contribution in [0.25, 0.3) is 0 Å². The number of benzene rings is 2. The Kier molecular flexibility index (Phi) is 10.1. The van der Waals surface area contributed by atoms with Crippen LogP contribution in [-0.2, 0) is 23.8 Å². The normalized spacial score (nSPS) is 16.0. The number of halogens is 5. The summed E-state index contributed by atoms with van der Waals surface area (Å²) in [6.07, 6.45) is -1.93. The molecule has 198 valence electrons. The fraction of sp³-hybridized carbons (Fsp3) is 0.536. The summed E-state index contributed by atoms with van der Waals surface area (Å²) in [7, 11) is 0. The average molecular weight is 511 g/mol. The predicted octanol–water partition coefficient (Wildman–Crippen LogP) is 7.68. The van der Waals surface area contributed by atoms with Gasteiger partial charge in [0, 0.05) is 13.1 Å². The standard InChI is InChI=1S/C28H35F5N2O/c1-2-3-5-8-23(29)26(30)27(36)34-24-16-13-21(19-25(24)35-17-6-4-7-18-35)10-9-20-11-14-22(15-12-20)28(31,32)33/h11-16,19,23,26H,2-10,17-18H2,1H3,(H,34,36)/t23-,26-/m1/s1. The van der Waals surface area contributed by atoms with E-state index in [-0.39, 0.29) is 6.42 Å². The highest BCUT2D eigenvalue weighted by molar-refractivity contribution is 5.97. The Bertz CT molecular complexity index is 971. The monoisotopic (exact) mass is 510 g/mol. The molecule has 0 radical (unpaired) electrons. The number of anilines is 2. The van der Waals surface area contributed by atoms with E-state index >= 15 is 0 Å². The first-order valence-corrected chi connectivity index (χ1v) is 12.8. The summed E-state index contributed by atoms with van der Waals surface area (Å²) >= 11 is 0. The molecule has 1 saturated heterocycles. The summed E-state index contributed by atoms with van der Waals surface area (Å²) in [5.74, 6) is -0.977. The second-order valence-electron chi connectivity index (χ2n) is 9.50. The summed E-state index contributed by atoms with van der Waals surface area (Å²) in [5, 5.41) is 2.60. The third-order valence-electron chi connectivity index (χ3n) is 6.65. The van der Waals surface area contributed by atoms with Crippen molar-refractivity contribution in [3.63, 3.8) is 0 Å². The van der Waals surface area contributed by atoms with E-state index in [0.29, 0.717) is 24.9 Å². The lowest BCUT2D eigenvalue weighted by atomic mass is 10.0. The van der Waals surface area contributed by atoms with Crippen LogP contribution in [-0.4, -0.2) is 31.3 Å². The minimum absolute atomic E-state index is 0.0182. The molecule has 2 aromatic carbocycles. The molecule has 0 unspecified atom stereocenters. The van der Waals surface area contributed by atoms with Crippen LogP contribution in [0.5, 0.6) is 0 Å². The number of alkyl halides is 5. The van der Waals surface area contributed by atoms with Crippen molar-refractivity contribution in [2.45, 2.75) is 83.2 Å². The van der Waals surface area contributed by atoms with Crippen LogP contribution in [0.15, 0.2) is 42.5 Å². The number of hydrogen-bond donors (Lipinski definition) is 1. The van der Waals surface area contributed by atoms with Crippen molar-refractivity contribution in [2.75, 3.05) is 23.3 Å². The molecule has 1 aliphatic heterocycles. The number of rotatable bonds is 11. The van der Waals surface area contributed by atoms with Gasteiger partial charge in [-0.3, -0.25) is 4.79 Å². The number of piperidine rings is 1. The van der Waals surface area contributed by atoms with Crippen molar-refractivity contribution in [1.82, 2.24) is 0 Å². The van der Waals surface area contributed by atoms with Gasteiger partial charge in [-0.25, -0.2) is 8.78 Å². The van der Waals surface area contributed by atoms with E-state index in [9.17, 15) is 26.7 Å². The number of carbonyl (C=O) groups excluding carboxylic acids is 1. The molecule has 0 aromatic heterocycles. The third kappa shape index (κ3) is 7.93. The lowest BCUT2D eigenvalue weighted by Gasteiger charge is -2.31. The predicted molar refractivity (Wildman–Crippen MR) is 134 cm³/mol. The molecule has 2 aromatic rings. The fourth-order valence-electron chi connectivity index (χ4n) is 4.49. The van der Waals surface area contributed by atoms with Crippen LogP contribution in [0.3, 0.4) is 0 Å². The van der Waals surface area contributed by atoms with Gasteiger partial charge in [0.05, 0.1) is 16.9 Å². The summed E-state index contributed by atoms with van der Waals surface area (Å²) in [5.41, 5.74) is 2.28. The molecule has 0 spiro atoms. The van der Waals surface area contributed by atoms with Gasteiger partial charge in [0.1, 0.15) is 6.17 Å². The average Bonchev–Trinajstić information content (AvgIpc) is 2.88. The lowest BCUT2D eigenvalue weighted by Crippen LogP contribution is -2.34. The van der Waals surface area contributed by atoms with E-state index in [1.807, 2.05) is 19.1 Å². The highest BCUT2D eigenvalue weighted by atomic mass is 19.4. The quantitative estimate of drug-likeness (QED) is 0.248. The Labute approximate surface area is 210 Å². The highest BCUT2D eigenvalue weighted by Gasteiger charge is 2.30. The van der Waals surface area contributed by atoms with Crippen molar-refractivity contribution in [1.29, 1.82) is 0 Å². The fourth-order valence-corrected chi connectivity index (χ4v) is 4.49. The summed E-state index contributed by atoms with van der Waals surface area (Å²) < 4.78 is 67.1. The van der Waals surface area contributed by atoms with Gasteiger partial charge in [0.25, 0.3) is 5.91 Å². The lowest BCUT2D eigenvalue weighted by molar-refractivity contribution is -0.137. The van der Waals surface area contributed by atoms with E-state index in [2.05, 4.69) is 10.2 Å². The van der Waals surface area contributed by atoms with Crippen LogP contribution in [0.4, 0.5) is 33.3 Å². The minimum Gasteiger partial charge on any atom is -0.370 e. The Morgan fingerprint density at radius 3 is 2.22 bits per heavy atom. The van der Waals surface area contributed by atoms with Crippen LogP contribution in [0, 0.1) is 0 Å². The van der Waals surface area contributed by atoms with Gasteiger partial charge in [0.2, 0.25) is 6.17 Å². The van der Waals surface area contributed by atoms with Gasteiger partial charge in [-0.15, -0.1) is 0 Å². The summed E-state index contributed by atoms with van der Waals surface area (Å²) in [6.45, 7) is 3.57. The molecule has 0 bridgehead atoms. The molecule has 0 saturated carbocycles. The Morgan fingerprint density at radius 2 is 1.58 bits per heavy atom. The number of aryl methyl sites for hydroxylation is 2. The SMILES string of the molecule is CCCCC[C@@H](F)[C@@H](F)C(=O)Nc1ccc(CCc2ccc(C(F)(F)F)cc2)cc1N1CCCCC1. The molecule has 8 heteroatoms. The largest absolute Gasteiger partial charge is 0.416 e. The minimum atomic E-state index is -4.36. The maximum absolute atomic E-state index is 14.5. The van der Waals surface area contributed by atoms with E-state index in [4.69, 9.17) is 0 Å². The highest BCUT2D eigenvalue weighted by Crippen LogP contribution is 2.32. The molecule has 0 aliphatic carbocycles. The Balaban J connectivity index is 1.71. The maximum atomic E-state index is 14.5. The molecule has 3 nitrogen and oxygen atoms in total. The van der Waals surface area contributed by atoms with Gasteiger partial charge in [0.15, 0.2) is 0 Å². The summed E-state index contributed by atoms with van der Waals surface area (Å²) in [6, 6.07) is 10.6. The smallest absolute Gasteiger partial charge is 0.370 e. The van der Waals surface area contributed by atoms with Crippen LogP contribution < -0.4 is 10.2 Å². The van der Waals surface area contributed by atoms with Crippen molar-refractivity contribution < 1.29 is 26.7 Å². The third-order valence-corrected chi connectivity index (χ3v) is 6.65. The molecule has 2 atom stereocenters. The first-order valence-electron chi connectivity index (χ1n) is 12.8. The number of unbranched alkanes of at least 4 members (excludes halogenated alkanes) is 2. The van der Waals surface area contributed by atoms with Crippen LogP contribution in [0.2, 0.25) is 0 Å². The molecule has 1 heterocycles. The zero-order chi connectivity index (χ0) is 26.1. The molecule has 36 heavy (non-hydrogen) atoms. The van der Waals surface area contributed by atoms with E-state index < -0.39 is 30.0 Å². The molecular weight excluding hydrogens is 475 g/mol. The Morgan fingerprint density at radius 1 is 0.944 bits per heavy atom. The second-order valence-corrected chi connectivity index (χ2v) is 9.50. The molecule has 1 amide bonds. The zero-order valence-corrected chi connectivity index (χ0v) is 20.7. The van der Waals surface area contributed by atoms with Crippen molar-refractivity contribution >= 4 is 17.3 Å². The van der Waals surface area contributed by atoms with Crippen LogP contribution in [0.1, 0.15) is 68.6 Å². The topological polar surface area (TPSA) is 32.3 Å². The molecule has 1 fully saturated rings. The number of hydrogen-bond acceptors (Lipinski definition) is 2.